The minimum Gasteiger partial charge on any atom is -0.131 e. The molecule has 1 aromatic rings. The summed E-state index contributed by atoms with van der Waals surface area (Å²) in [5.74, 6) is 1.17. The number of rotatable bonds is 6. The molecule has 0 saturated carbocycles. The van der Waals surface area contributed by atoms with E-state index in [1.54, 1.807) is 0 Å². The molecule has 0 fully saturated rings. The van der Waals surface area contributed by atoms with Gasteiger partial charge in [-0.25, -0.2) is 0 Å². The summed E-state index contributed by atoms with van der Waals surface area (Å²) in [7, 11) is 0. The van der Waals surface area contributed by atoms with E-state index < -0.39 is 0 Å². The smallest absolute Gasteiger partial charge is 0.00517 e. The molecule has 0 radical (unpaired) electrons. The van der Waals surface area contributed by atoms with Gasteiger partial charge in [0.05, 0.1) is 0 Å². The molecule has 0 amide bonds. The first-order valence-corrected chi connectivity index (χ1v) is 6.73. The molecule has 0 N–H and O–H groups in total. The van der Waals surface area contributed by atoms with E-state index in [2.05, 4.69) is 50.3 Å². The van der Waals surface area contributed by atoms with Crippen LogP contribution in [0.1, 0.15) is 38.7 Å². The van der Waals surface area contributed by atoms with E-state index in [0.717, 1.165) is 0 Å². The fourth-order valence-corrected chi connectivity index (χ4v) is 2.34. The lowest BCUT2D eigenvalue weighted by Gasteiger charge is -2.04. The molecular weight excluding hydrogens is 200 g/mol. The zero-order valence-corrected chi connectivity index (χ0v) is 10.5. The first-order valence-electron chi connectivity index (χ1n) is 5.75. The maximum absolute atomic E-state index is 2.32. The molecule has 1 heteroatoms. The molecular formula is C14H20S. The topological polar surface area (TPSA) is 0 Å². The first kappa shape index (κ1) is 12.4. The van der Waals surface area contributed by atoms with Crippen LogP contribution >= 0.6 is 11.8 Å². The third kappa shape index (κ3) is 5.08. The molecule has 1 rings (SSSR count). The molecule has 0 aliphatic carbocycles. The maximum atomic E-state index is 2.32. The van der Waals surface area contributed by atoms with Crippen LogP contribution in [0.25, 0.3) is 6.08 Å². The van der Waals surface area contributed by atoms with Crippen LogP contribution in [-0.2, 0) is 0 Å². The number of unbranched alkanes of at least 4 members (excludes halogenated alkanes) is 1. The van der Waals surface area contributed by atoms with E-state index >= 15 is 0 Å². The zero-order chi connectivity index (χ0) is 10.9. The molecule has 15 heavy (non-hydrogen) atoms. The zero-order valence-electron chi connectivity index (χ0n) is 9.70. The van der Waals surface area contributed by atoms with Crippen LogP contribution in [0.5, 0.6) is 0 Å². The largest absolute Gasteiger partial charge is 0.131 e. The van der Waals surface area contributed by atoms with Crippen molar-refractivity contribution in [3.63, 3.8) is 0 Å². The molecule has 0 aliphatic rings. The van der Waals surface area contributed by atoms with Gasteiger partial charge in [0.2, 0.25) is 0 Å². The Kier molecular flexibility index (Phi) is 6.26. The highest BCUT2D eigenvalue weighted by Gasteiger charge is 1.97. The van der Waals surface area contributed by atoms with E-state index in [4.69, 9.17) is 0 Å². The normalized spacial score (nSPS) is 11.7. The van der Waals surface area contributed by atoms with Crippen molar-refractivity contribution in [1.82, 2.24) is 0 Å². The molecule has 82 valence electrons. The second kappa shape index (κ2) is 7.58. The molecule has 1 aromatic carbocycles. The predicted molar refractivity (Wildman–Crippen MR) is 72.1 cm³/mol. The Balaban J connectivity index is 2.65. The van der Waals surface area contributed by atoms with Gasteiger partial charge in [-0.15, -0.1) is 11.8 Å². The van der Waals surface area contributed by atoms with Crippen molar-refractivity contribution >= 4 is 17.8 Å². The number of allylic oxidation sites excluding steroid dienone is 1. The third-order valence-corrected chi connectivity index (χ3v) is 3.22. The lowest BCUT2D eigenvalue weighted by molar-refractivity contribution is 0.810. The lowest BCUT2D eigenvalue weighted by Crippen LogP contribution is -1.81. The van der Waals surface area contributed by atoms with Crippen LogP contribution in [-0.4, -0.2) is 5.75 Å². The minimum atomic E-state index is 1.17. The van der Waals surface area contributed by atoms with Gasteiger partial charge in [-0.3, -0.25) is 0 Å². The standard InChI is InChI=1S/C14H20S/c1-3-5-11-14(15-4-2)12-13-9-7-6-8-10-13/h6-10,12H,3-5,11H2,1-2H3/b14-12-. The van der Waals surface area contributed by atoms with E-state index in [1.165, 1.54) is 35.5 Å². The van der Waals surface area contributed by atoms with Crippen molar-refractivity contribution < 1.29 is 0 Å². The van der Waals surface area contributed by atoms with Crippen LogP contribution < -0.4 is 0 Å². The molecule has 0 bridgehead atoms. The Hall–Kier alpha value is -0.690. The van der Waals surface area contributed by atoms with Gasteiger partial charge >= 0.3 is 0 Å². The molecule has 0 saturated heterocycles. The summed E-state index contributed by atoms with van der Waals surface area (Å²) in [6.07, 6.45) is 6.12. The predicted octanol–water partition coefficient (Wildman–Crippen LogP) is 4.97. The summed E-state index contributed by atoms with van der Waals surface area (Å²) in [6, 6.07) is 10.6. The van der Waals surface area contributed by atoms with Gasteiger partial charge in [0.15, 0.2) is 0 Å². The summed E-state index contributed by atoms with van der Waals surface area (Å²) in [6.45, 7) is 4.46. The van der Waals surface area contributed by atoms with Crippen LogP contribution in [0.4, 0.5) is 0 Å². The van der Waals surface area contributed by atoms with Crippen LogP contribution in [0.3, 0.4) is 0 Å². The van der Waals surface area contributed by atoms with Crippen LogP contribution in [0.15, 0.2) is 35.2 Å². The number of thioether (sulfide) groups is 1. The summed E-state index contributed by atoms with van der Waals surface area (Å²) >= 11 is 1.97. The molecule has 0 spiro atoms. The summed E-state index contributed by atoms with van der Waals surface area (Å²) < 4.78 is 0. The average Bonchev–Trinajstić information content (AvgIpc) is 2.28. The number of benzene rings is 1. The SMILES string of the molecule is CCCC/C(=C/c1ccccc1)SCC. The Morgan fingerprint density at radius 2 is 1.93 bits per heavy atom. The van der Waals surface area contributed by atoms with Crippen molar-refractivity contribution in [2.24, 2.45) is 0 Å². The molecule has 0 nitrogen and oxygen atoms in total. The van der Waals surface area contributed by atoms with Crippen molar-refractivity contribution in [1.29, 1.82) is 0 Å². The van der Waals surface area contributed by atoms with Gasteiger partial charge in [-0.2, -0.15) is 0 Å². The van der Waals surface area contributed by atoms with Crippen LogP contribution in [0, 0.1) is 0 Å². The van der Waals surface area contributed by atoms with E-state index in [0.29, 0.717) is 0 Å². The molecule has 0 heterocycles. The first-order chi connectivity index (χ1) is 7.36. The van der Waals surface area contributed by atoms with Crippen LogP contribution in [0.2, 0.25) is 0 Å². The number of hydrogen-bond acceptors (Lipinski definition) is 1. The Bertz CT molecular complexity index is 287. The average molecular weight is 220 g/mol. The second-order valence-electron chi connectivity index (χ2n) is 3.56. The maximum Gasteiger partial charge on any atom is -0.00517 e. The number of hydrogen-bond donors (Lipinski definition) is 0. The van der Waals surface area contributed by atoms with E-state index in [1.807, 2.05) is 11.8 Å². The van der Waals surface area contributed by atoms with Crippen molar-refractivity contribution in [3.8, 4) is 0 Å². The second-order valence-corrected chi connectivity index (χ2v) is 4.95. The Labute approximate surface area is 97.8 Å². The van der Waals surface area contributed by atoms with Gasteiger partial charge in [0.1, 0.15) is 0 Å². The Morgan fingerprint density at radius 3 is 2.53 bits per heavy atom. The Morgan fingerprint density at radius 1 is 1.20 bits per heavy atom. The highest BCUT2D eigenvalue weighted by atomic mass is 32.2. The highest BCUT2D eigenvalue weighted by molar-refractivity contribution is 8.03. The summed E-state index contributed by atoms with van der Waals surface area (Å²) in [5, 5.41) is 0. The fourth-order valence-electron chi connectivity index (χ4n) is 1.46. The van der Waals surface area contributed by atoms with Gasteiger partial charge in [0.25, 0.3) is 0 Å². The minimum absolute atomic E-state index is 1.17. The fraction of sp³-hybridized carbons (Fsp3) is 0.429. The summed E-state index contributed by atoms with van der Waals surface area (Å²) in [5.41, 5.74) is 1.32. The van der Waals surface area contributed by atoms with Gasteiger partial charge in [-0.05, 0) is 35.1 Å². The molecule has 0 aliphatic heterocycles. The van der Waals surface area contributed by atoms with E-state index in [-0.39, 0.29) is 0 Å². The summed E-state index contributed by atoms with van der Waals surface area (Å²) in [4.78, 5) is 1.52. The van der Waals surface area contributed by atoms with Crippen molar-refractivity contribution in [3.05, 3.63) is 40.8 Å². The molecule has 0 atom stereocenters. The monoisotopic (exact) mass is 220 g/mol. The van der Waals surface area contributed by atoms with Gasteiger partial charge < -0.3 is 0 Å². The third-order valence-electron chi connectivity index (χ3n) is 2.23. The lowest BCUT2D eigenvalue weighted by atomic mass is 10.1. The molecule has 0 aromatic heterocycles. The van der Waals surface area contributed by atoms with Crippen molar-refractivity contribution in [2.45, 2.75) is 33.1 Å². The highest BCUT2D eigenvalue weighted by Crippen LogP contribution is 2.24. The van der Waals surface area contributed by atoms with Gasteiger partial charge in [-0.1, -0.05) is 50.6 Å². The quantitative estimate of drug-likeness (QED) is 0.652. The van der Waals surface area contributed by atoms with Gasteiger partial charge in [0, 0.05) is 0 Å². The van der Waals surface area contributed by atoms with E-state index in [9.17, 15) is 0 Å². The molecule has 0 unspecified atom stereocenters. The van der Waals surface area contributed by atoms with Crippen molar-refractivity contribution in [2.75, 3.05) is 5.75 Å².